The van der Waals surface area contributed by atoms with Gasteiger partial charge in [-0.2, -0.15) is 0 Å². The molecule has 3 nitrogen and oxygen atoms in total. The van der Waals surface area contributed by atoms with Crippen molar-refractivity contribution in [3.05, 3.63) is 36.5 Å². The predicted octanol–water partition coefficient (Wildman–Crippen LogP) is 1.36. The summed E-state index contributed by atoms with van der Waals surface area (Å²) >= 11 is 0. The summed E-state index contributed by atoms with van der Waals surface area (Å²) in [4.78, 5) is 7.88. The van der Waals surface area contributed by atoms with Crippen LogP contribution in [0.5, 0.6) is 5.75 Å². The number of pyridine rings is 1. The van der Waals surface area contributed by atoms with E-state index in [1.54, 1.807) is 37.1 Å². The summed E-state index contributed by atoms with van der Waals surface area (Å²) in [6.07, 6.45) is 8.26. The summed E-state index contributed by atoms with van der Waals surface area (Å²) in [5.41, 5.74) is 0.900. The number of aromatic nitrogens is 1. The molecule has 0 saturated carbocycles. The van der Waals surface area contributed by atoms with Crippen LogP contribution < -0.4 is 4.74 Å². The van der Waals surface area contributed by atoms with Gasteiger partial charge in [-0.3, -0.25) is 9.98 Å². The van der Waals surface area contributed by atoms with Gasteiger partial charge in [-0.05, 0) is 6.07 Å². The highest BCUT2D eigenvalue weighted by Crippen LogP contribution is 2.15. The van der Waals surface area contributed by atoms with Crippen molar-refractivity contribution < 1.29 is 4.74 Å². The van der Waals surface area contributed by atoms with E-state index in [0.29, 0.717) is 0 Å². The van der Waals surface area contributed by atoms with E-state index in [9.17, 15) is 0 Å². The highest BCUT2D eigenvalue weighted by molar-refractivity contribution is 5.83. The van der Waals surface area contributed by atoms with Crippen LogP contribution in [-0.4, -0.2) is 11.2 Å². The van der Waals surface area contributed by atoms with E-state index in [0.717, 1.165) is 11.3 Å². The zero-order valence-corrected chi connectivity index (χ0v) is 5.77. The fourth-order valence-corrected chi connectivity index (χ4v) is 0.860. The Morgan fingerprint density at radius 1 is 1.36 bits per heavy atom. The van der Waals surface area contributed by atoms with Crippen LogP contribution in [0.25, 0.3) is 0 Å². The second kappa shape index (κ2) is 2.54. The first kappa shape index (κ1) is 6.09. The zero-order valence-electron chi connectivity index (χ0n) is 5.77. The number of nitrogens with zero attached hydrogens (tertiary/aromatic N) is 2. The molecular weight excluding hydrogens is 140 g/mol. The van der Waals surface area contributed by atoms with Gasteiger partial charge in [0.1, 0.15) is 12.0 Å². The van der Waals surface area contributed by atoms with Gasteiger partial charge in [0.15, 0.2) is 0 Å². The second-order valence-electron chi connectivity index (χ2n) is 2.09. The standard InChI is InChI=1S/C8H6N2O/c1-2-9-5-7-6-10-3-4-11-8(1)7/h1-6H. The molecule has 0 N–H and O–H groups in total. The van der Waals surface area contributed by atoms with Crippen LogP contribution in [0.15, 0.2) is 35.9 Å². The van der Waals surface area contributed by atoms with Crippen LogP contribution in [0.2, 0.25) is 0 Å². The maximum Gasteiger partial charge on any atom is 0.138 e. The molecule has 0 radical (unpaired) electrons. The Bertz CT molecular complexity index is 318. The number of fused-ring (bicyclic) bond motifs is 1. The molecule has 0 aliphatic carbocycles. The Hall–Kier alpha value is -1.64. The summed E-state index contributed by atoms with van der Waals surface area (Å²) in [7, 11) is 0. The third-order valence-corrected chi connectivity index (χ3v) is 1.37. The Morgan fingerprint density at radius 2 is 2.36 bits per heavy atom. The Kier molecular flexibility index (Phi) is 1.41. The van der Waals surface area contributed by atoms with Crippen LogP contribution in [0.1, 0.15) is 5.56 Å². The molecule has 1 aliphatic rings. The molecule has 0 fully saturated rings. The largest absolute Gasteiger partial charge is 0.463 e. The maximum atomic E-state index is 5.20. The second-order valence-corrected chi connectivity index (χ2v) is 2.09. The van der Waals surface area contributed by atoms with Gasteiger partial charge in [-0.1, -0.05) is 0 Å². The van der Waals surface area contributed by atoms with Gasteiger partial charge in [-0.15, -0.1) is 0 Å². The van der Waals surface area contributed by atoms with Crippen molar-refractivity contribution in [3.63, 3.8) is 0 Å². The van der Waals surface area contributed by atoms with Gasteiger partial charge >= 0.3 is 0 Å². The van der Waals surface area contributed by atoms with Gasteiger partial charge < -0.3 is 4.74 Å². The number of rotatable bonds is 0. The van der Waals surface area contributed by atoms with Crippen LogP contribution in [0.3, 0.4) is 0 Å². The van der Waals surface area contributed by atoms with Crippen LogP contribution >= 0.6 is 0 Å². The van der Waals surface area contributed by atoms with Crippen LogP contribution in [0, 0.1) is 0 Å². The SMILES string of the molecule is C1=COc2ccncc2C=N1. The lowest BCUT2D eigenvalue weighted by Gasteiger charge is -1.99. The monoisotopic (exact) mass is 146 g/mol. The predicted molar refractivity (Wildman–Crippen MR) is 41.6 cm³/mol. The molecule has 3 heteroatoms. The molecule has 0 spiro atoms. The highest BCUT2D eigenvalue weighted by Gasteiger charge is 1.99. The fourth-order valence-electron chi connectivity index (χ4n) is 0.860. The summed E-state index contributed by atoms with van der Waals surface area (Å²) < 4.78 is 5.20. The van der Waals surface area contributed by atoms with E-state index in [1.165, 1.54) is 0 Å². The molecular formula is C8H6N2O. The van der Waals surface area contributed by atoms with E-state index in [1.807, 2.05) is 0 Å². The first-order valence-electron chi connectivity index (χ1n) is 3.26. The zero-order chi connectivity index (χ0) is 7.52. The van der Waals surface area contributed by atoms with Crippen molar-refractivity contribution in [2.45, 2.75) is 0 Å². The van der Waals surface area contributed by atoms with E-state index in [2.05, 4.69) is 9.98 Å². The summed E-state index contributed by atoms with van der Waals surface area (Å²) in [5.74, 6) is 0.789. The normalized spacial score (nSPS) is 13.5. The topological polar surface area (TPSA) is 34.5 Å². The van der Waals surface area contributed by atoms with E-state index in [-0.39, 0.29) is 0 Å². The summed E-state index contributed by atoms with van der Waals surface area (Å²) in [6.45, 7) is 0. The molecule has 1 aromatic rings. The molecule has 0 aromatic carbocycles. The third kappa shape index (κ3) is 1.12. The van der Waals surface area contributed by atoms with Crippen molar-refractivity contribution in [1.29, 1.82) is 0 Å². The van der Waals surface area contributed by atoms with Crippen molar-refractivity contribution >= 4 is 6.21 Å². The molecule has 2 rings (SSSR count). The van der Waals surface area contributed by atoms with Crippen molar-refractivity contribution in [1.82, 2.24) is 4.98 Å². The van der Waals surface area contributed by atoms with Crippen LogP contribution in [0.4, 0.5) is 0 Å². The average molecular weight is 146 g/mol. The van der Waals surface area contributed by atoms with Crippen LogP contribution in [-0.2, 0) is 0 Å². The number of hydrogen-bond acceptors (Lipinski definition) is 3. The highest BCUT2D eigenvalue weighted by atomic mass is 16.5. The van der Waals surface area contributed by atoms with Crippen molar-refractivity contribution in [3.8, 4) is 5.75 Å². The van der Waals surface area contributed by atoms with Gasteiger partial charge in [0.2, 0.25) is 0 Å². The van der Waals surface area contributed by atoms with E-state index >= 15 is 0 Å². The molecule has 0 unspecified atom stereocenters. The quantitative estimate of drug-likeness (QED) is 0.554. The van der Waals surface area contributed by atoms with E-state index < -0.39 is 0 Å². The molecule has 0 amide bonds. The number of ether oxygens (including phenoxy) is 1. The minimum Gasteiger partial charge on any atom is -0.463 e. The summed E-state index contributed by atoms with van der Waals surface area (Å²) in [5, 5.41) is 0. The molecule has 1 aliphatic heterocycles. The Morgan fingerprint density at radius 3 is 3.36 bits per heavy atom. The lowest BCUT2D eigenvalue weighted by molar-refractivity contribution is 0.480. The Labute approximate surface area is 64.1 Å². The molecule has 0 bridgehead atoms. The lowest BCUT2D eigenvalue weighted by atomic mass is 10.3. The molecule has 0 saturated heterocycles. The minimum absolute atomic E-state index is 0.789. The van der Waals surface area contributed by atoms with Gasteiger partial charge in [0.25, 0.3) is 0 Å². The first-order valence-corrected chi connectivity index (χ1v) is 3.26. The fraction of sp³-hybridized carbons (Fsp3) is 0. The van der Waals surface area contributed by atoms with Gasteiger partial charge in [-0.25, -0.2) is 0 Å². The number of hydrogen-bond donors (Lipinski definition) is 0. The number of aliphatic imine (C=N–C) groups is 1. The average Bonchev–Trinajstić information content (AvgIpc) is 2.28. The first-order chi connectivity index (χ1) is 5.47. The van der Waals surface area contributed by atoms with Gasteiger partial charge in [0, 0.05) is 18.6 Å². The Balaban J connectivity index is 2.52. The maximum absolute atomic E-state index is 5.20. The molecule has 1 aromatic heterocycles. The van der Waals surface area contributed by atoms with Crippen molar-refractivity contribution in [2.24, 2.45) is 4.99 Å². The molecule has 54 valence electrons. The van der Waals surface area contributed by atoms with E-state index in [4.69, 9.17) is 4.74 Å². The van der Waals surface area contributed by atoms with Gasteiger partial charge in [0.05, 0.1) is 11.8 Å². The van der Waals surface area contributed by atoms with Crippen molar-refractivity contribution in [2.75, 3.05) is 0 Å². The minimum atomic E-state index is 0.789. The third-order valence-electron chi connectivity index (χ3n) is 1.37. The molecule has 11 heavy (non-hydrogen) atoms. The lowest BCUT2D eigenvalue weighted by Crippen LogP contribution is -1.87. The molecule has 2 heterocycles. The molecule has 0 atom stereocenters. The summed E-state index contributed by atoms with van der Waals surface area (Å²) in [6, 6.07) is 1.80. The smallest absolute Gasteiger partial charge is 0.138 e.